The monoisotopic (exact) mass is 376 g/mol. The molecule has 3 aromatic rings. The fourth-order valence-electron chi connectivity index (χ4n) is 2.52. The van der Waals surface area contributed by atoms with E-state index in [1.807, 2.05) is 0 Å². The lowest BCUT2D eigenvalue weighted by Gasteiger charge is -2.15. The molecule has 140 valence electrons. The van der Waals surface area contributed by atoms with Gasteiger partial charge in [-0.2, -0.15) is 0 Å². The van der Waals surface area contributed by atoms with Crippen molar-refractivity contribution >= 4 is 5.82 Å². The van der Waals surface area contributed by atoms with Crippen LogP contribution in [0, 0.1) is 24.4 Å². The van der Waals surface area contributed by atoms with Crippen LogP contribution in [0.1, 0.15) is 11.3 Å². The molecular formula is C18H15F3N4O2. The van der Waals surface area contributed by atoms with E-state index in [2.05, 4.69) is 20.3 Å². The predicted molar refractivity (Wildman–Crippen MR) is 92.5 cm³/mol. The van der Waals surface area contributed by atoms with Gasteiger partial charge in [-0.25, -0.2) is 23.1 Å². The summed E-state index contributed by atoms with van der Waals surface area (Å²) in [6.07, 6.45) is 0.481. The summed E-state index contributed by atoms with van der Waals surface area (Å²) < 4.78 is 40.5. The number of nitrogens with one attached hydrogen (secondary N) is 2. The lowest BCUT2D eigenvalue weighted by Crippen LogP contribution is -2.23. The molecule has 0 bridgehead atoms. The number of hydrogen-bond acceptors (Lipinski definition) is 5. The van der Waals surface area contributed by atoms with E-state index in [0.29, 0.717) is 23.4 Å². The lowest BCUT2D eigenvalue weighted by atomic mass is 10.1. The van der Waals surface area contributed by atoms with Crippen LogP contribution in [-0.2, 0) is 6.42 Å². The van der Waals surface area contributed by atoms with Gasteiger partial charge in [0.25, 0.3) is 0 Å². The average molecular weight is 376 g/mol. The highest BCUT2D eigenvalue weighted by atomic mass is 19.2. The Morgan fingerprint density at radius 3 is 2.59 bits per heavy atom. The zero-order valence-corrected chi connectivity index (χ0v) is 14.1. The van der Waals surface area contributed by atoms with Gasteiger partial charge in [0, 0.05) is 36.5 Å². The molecule has 0 aliphatic carbocycles. The van der Waals surface area contributed by atoms with Gasteiger partial charge in [-0.3, -0.25) is 4.79 Å². The van der Waals surface area contributed by atoms with Gasteiger partial charge in [0.1, 0.15) is 17.9 Å². The van der Waals surface area contributed by atoms with Gasteiger partial charge < -0.3 is 15.4 Å². The zero-order valence-electron chi connectivity index (χ0n) is 14.1. The number of aliphatic hydroxyl groups is 1. The minimum Gasteiger partial charge on any atom is -0.373 e. The molecule has 0 spiro atoms. The molecule has 9 heteroatoms. The van der Waals surface area contributed by atoms with E-state index in [9.17, 15) is 23.1 Å². The maximum absolute atomic E-state index is 14.0. The summed E-state index contributed by atoms with van der Waals surface area (Å²) in [6, 6.07) is 5.58. The molecule has 2 aromatic heterocycles. The van der Waals surface area contributed by atoms with Gasteiger partial charge in [0.05, 0.1) is 5.56 Å². The second-order valence-electron chi connectivity index (χ2n) is 5.89. The van der Waals surface area contributed by atoms with Gasteiger partial charge in [0.15, 0.2) is 17.5 Å². The molecule has 27 heavy (non-hydrogen) atoms. The number of pyridine rings is 1. The summed E-state index contributed by atoms with van der Waals surface area (Å²) in [6.45, 7) is 1.61. The van der Waals surface area contributed by atoms with Crippen LogP contribution >= 0.6 is 0 Å². The first-order valence-electron chi connectivity index (χ1n) is 7.94. The molecule has 0 amide bonds. The standard InChI is InChI=1S/C18H15F3N4O2/c1-9-4-15(24-17(27)6-10-2-3-22-16(26)5-10)25-18(23-9)11-7-13(20)14(21)8-12(11)19/h2-5,7-8,17,27H,6H2,1H3,(H,22,26)(H,23,24,25). The second-order valence-corrected chi connectivity index (χ2v) is 5.89. The number of aliphatic hydroxyl groups excluding tert-OH is 1. The Bertz CT molecular complexity index is 1040. The molecule has 3 rings (SSSR count). The van der Waals surface area contributed by atoms with Crippen molar-refractivity contribution in [3.8, 4) is 11.4 Å². The predicted octanol–water partition coefficient (Wildman–Crippen LogP) is 2.53. The largest absolute Gasteiger partial charge is 0.373 e. The van der Waals surface area contributed by atoms with Gasteiger partial charge in [-0.15, -0.1) is 0 Å². The molecule has 3 N–H and O–H groups in total. The van der Waals surface area contributed by atoms with Gasteiger partial charge in [-0.1, -0.05) is 0 Å². The molecule has 0 saturated heterocycles. The van der Waals surface area contributed by atoms with E-state index in [-0.39, 0.29) is 29.2 Å². The topological polar surface area (TPSA) is 90.9 Å². The van der Waals surface area contributed by atoms with Crippen molar-refractivity contribution in [3.63, 3.8) is 0 Å². The summed E-state index contributed by atoms with van der Waals surface area (Å²) in [5.41, 5.74) is 0.421. The first kappa shape index (κ1) is 18.6. The highest BCUT2D eigenvalue weighted by molar-refractivity contribution is 5.58. The van der Waals surface area contributed by atoms with Gasteiger partial charge >= 0.3 is 0 Å². The first-order valence-corrected chi connectivity index (χ1v) is 7.94. The minimum absolute atomic E-state index is 0.113. The van der Waals surface area contributed by atoms with Crippen molar-refractivity contribution in [2.45, 2.75) is 19.6 Å². The van der Waals surface area contributed by atoms with Crippen LogP contribution in [0.4, 0.5) is 19.0 Å². The number of H-pyrrole nitrogens is 1. The van der Waals surface area contributed by atoms with Gasteiger partial charge in [-0.05, 0) is 24.6 Å². The van der Waals surface area contributed by atoms with E-state index in [1.54, 1.807) is 13.0 Å². The molecule has 0 aliphatic heterocycles. The molecule has 0 fully saturated rings. The van der Waals surface area contributed by atoms with Crippen molar-refractivity contribution in [2.75, 3.05) is 5.32 Å². The number of halogens is 3. The fourth-order valence-corrected chi connectivity index (χ4v) is 2.52. The van der Waals surface area contributed by atoms with E-state index in [1.165, 1.54) is 18.3 Å². The third-order valence-corrected chi connectivity index (χ3v) is 3.69. The molecule has 1 atom stereocenters. The summed E-state index contributed by atoms with van der Waals surface area (Å²) in [4.78, 5) is 21.8. The molecule has 1 aromatic carbocycles. The summed E-state index contributed by atoms with van der Waals surface area (Å²) >= 11 is 0. The van der Waals surface area contributed by atoms with Crippen LogP contribution in [0.2, 0.25) is 0 Å². The van der Waals surface area contributed by atoms with E-state index in [0.717, 1.165) is 0 Å². The summed E-state index contributed by atoms with van der Waals surface area (Å²) in [5.74, 6) is -3.53. The van der Waals surface area contributed by atoms with Crippen molar-refractivity contribution in [2.24, 2.45) is 0 Å². The molecule has 0 aliphatic rings. The normalized spacial score (nSPS) is 12.0. The third-order valence-electron chi connectivity index (χ3n) is 3.69. The minimum atomic E-state index is -1.31. The molecule has 6 nitrogen and oxygen atoms in total. The van der Waals surface area contributed by atoms with Crippen molar-refractivity contribution in [1.29, 1.82) is 0 Å². The van der Waals surface area contributed by atoms with Crippen molar-refractivity contribution in [1.82, 2.24) is 15.0 Å². The van der Waals surface area contributed by atoms with E-state index in [4.69, 9.17) is 0 Å². The number of hydrogen-bond donors (Lipinski definition) is 3. The number of nitrogens with zero attached hydrogens (tertiary/aromatic N) is 2. The molecule has 0 saturated carbocycles. The smallest absolute Gasteiger partial charge is 0.248 e. The van der Waals surface area contributed by atoms with Crippen molar-refractivity contribution < 1.29 is 18.3 Å². The number of aromatic amines is 1. The number of benzene rings is 1. The van der Waals surface area contributed by atoms with Crippen LogP contribution in [0.25, 0.3) is 11.4 Å². The number of aromatic nitrogens is 3. The Kier molecular flexibility index (Phi) is 5.22. The Balaban J connectivity index is 1.85. The summed E-state index contributed by atoms with van der Waals surface area (Å²) in [5, 5.41) is 12.9. The van der Waals surface area contributed by atoms with Crippen LogP contribution in [0.3, 0.4) is 0 Å². The molecule has 1 unspecified atom stereocenters. The Hall–Kier alpha value is -3.20. The Morgan fingerprint density at radius 1 is 1.11 bits per heavy atom. The zero-order chi connectivity index (χ0) is 19.6. The molecular weight excluding hydrogens is 361 g/mol. The number of anilines is 1. The Morgan fingerprint density at radius 2 is 1.85 bits per heavy atom. The second kappa shape index (κ2) is 7.58. The Labute approximate surface area is 151 Å². The van der Waals surface area contributed by atoms with Crippen LogP contribution < -0.4 is 10.9 Å². The molecule has 2 heterocycles. The number of aryl methyl sites for hydroxylation is 1. The summed E-state index contributed by atoms with van der Waals surface area (Å²) in [7, 11) is 0. The van der Waals surface area contributed by atoms with Crippen molar-refractivity contribution in [3.05, 3.63) is 75.6 Å². The maximum atomic E-state index is 14.0. The molecule has 0 radical (unpaired) electrons. The van der Waals surface area contributed by atoms with E-state index >= 15 is 0 Å². The highest BCUT2D eigenvalue weighted by Crippen LogP contribution is 2.24. The highest BCUT2D eigenvalue weighted by Gasteiger charge is 2.16. The van der Waals surface area contributed by atoms with Gasteiger partial charge in [0.2, 0.25) is 5.56 Å². The third kappa shape index (κ3) is 4.50. The van der Waals surface area contributed by atoms with Crippen LogP contribution in [0.15, 0.2) is 41.3 Å². The van der Waals surface area contributed by atoms with Crippen LogP contribution in [-0.4, -0.2) is 26.3 Å². The van der Waals surface area contributed by atoms with Crippen LogP contribution in [0.5, 0.6) is 0 Å². The lowest BCUT2D eigenvalue weighted by molar-refractivity contribution is 0.203. The fraction of sp³-hybridized carbons (Fsp3) is 0.167. The first-order chi connectivity index (χ1) is 12.8. The maximum Gasteiger partial charge on any atom is 0.248 e. The quantitative estimate of drug-likeness (QED) is 0.470. The number of rotatable bonds is 5. The van der Waals surface area contributed by atoms with E-state index < -0.39 is 23.7 Å². The SMILES string of the molecule is Cc1cc(NC(O)Cc2cc[nH]c(=O)c2)nc(-c2cc(F)c(F)cc2F)n1. The average Bonchev–Trinajstić information content (AvgIpc) is 2.57.